The highest BCUT2D eigenvalue weighted by molar-refractivity contribution is 9.10. The van der Waals surface area contributed by atoms with Crippen LogP contribution in [0.4, 0.5) is 0 Å². The van der Waals surface area contributed by atoms with Gasteiger partial charge >= 0.3 is 0 Å². The van der Waals surface area contributed by atoms with E-state index >= 15 is 0 Å². The molecule has 0 fully saturated rings. The molecular formula is C12H10BrClN2O. The molecule has 0 radical (unpaired) electrons. The summed E-state index contributed by atoms with van der Waals surface area (Å²) < 4.78 is 6.32. The Labute approximate surface area is 113 Å². The second-order valence-electron chi connectivity index (χ2n) is 3.39. The lowest BCUT2D eigenvalue weighted by molar-refractivity contribution is 0.459. The fraction of sp³-hybridized carbons (Fsp3) is 0.0833. The van der Waals surface area contributed by atoms with E-state index in [4.69, 9.17) is 22.1 Å². The maximum absolute atomic E-state index is 5.80. The van der Waals surface area contributed by atoms with Crippen molar-refractivity contribution in [2.24, 2.45) is 5.73 Å². The number of benzene rings is 1. The van der Waals surface area contributed by atoms with Gasteiger partial charge in [0.2, 0.25) is 5.88 Å². The summed E-state index contributed by atoms with van der Waals surface area (Å²) in [6.07, 6.45) is 1.54. The van der Waals surface area contributed by atoms with Gasteiger partial charge < -0.3 is 10.5 Å². The first-order valence-electron chi connectivity index (χ1n) is 4.97. The van der Waals surface area contributed by atoms with Crippen LogP contribution in [0.2, 0.25) is 5.02 Å². The third-order valence-electron chi connectivity index (χ3n) is 2.15. The van der Waals surface area contributed by atoms with Crippen molar-refractivity contribution >= 4 is 27.5 Å². The van der Waals surface area contributed by atoms with E-state index in [1.54, 1.807) is 6.07 Å². The summed E-state index contributed by atoms with van der Waals surface area (Å²) >= 11 is 9.14. The molecule has 0 aliphatic rings. The molecule has 3 nitrogen and oxygen atoms in total. The van der Waals surface area contributed by atoms with E-state index in [-0.39, 0.29) is 0 Å². The zero-order chi connectivity index (χ0) is 12.3. The number of aromatic nitrogens is 1. The number of hydrogen-bond acceptors (Lipinski definition) is 3. The van der Waals surface area contributed by atoms with Crippen LogP contribution < -0.4 is 10.5 Å². The lowest BCUT2D eigenvalue weighted by atomic mass is 10.2. The average Bonchev–Trinajstić information content (AvgIpc) is 2.34. The van der Waals surface area contributed by atoms with Crippen LogP contribution in [0, 0.1) is 0 Å². The molecule has 2 aromatic rings. The van der Waals surface area contributed by atoms with Crippen molar-refractivity contribution in [1.82, 2.24) is 4.98 Å². The zero-order valence-corrected chi connectivity index (χ0v) is 11.2. The minimum absolute atomic E-state index is 0.481. The van der Waals surface area contributed by atoms with Crippen molar-refractivity contribution in [1.29, 1.82) is 0 Å². The van der Waals surface area contributed by atoms with Gasteiger partial charge in [0.25, 0.3) is 0 Å². The highest BCUT2D eigenvalue weighted by atomic mass is 79.9. The van der Waals surface area contributed by atoms with Gasteiger partial charge in [0.05, 0.1) is 9.50 Å². The van der Waals surface area contributed by atoms with Gasteiger partial charge in [-0.2, -0.15) is 0 Å². The van der Waals surface area contributed by atoms with Gasteiger partial charge in [-0.1, -0.05) is 23.7 Å². The van der Waals surface area contributed by atoms with Crippen LogP contribution in [0.3, 0.4) is 0 Å². The summed E-state index contributed by atoms with van der Waals surface area (Å²) in [7, 11) is 0. The van der Waals surface area contributed by atoms with Crippen molar-refractivity contribution in [2.75, 3.05) is 0 Å². The summed E-state index contributed by atoms with van der Waals surface area (Å²) in [4.78, 5) is 4.09. The molecule has 0 spiro atoms. The van der Waals surface area contributed by atoms with Crippen LogP contribution in [0.15, 0.2) is 41.0 Å². The highest BCUT2D eigenvalue weighted by Crippen LogP contribution is 2.29. The van der Waals surface area contributed by atoms with Crippen LogP contribution >= 0.6 is 27.5 Å². The summed E-state index contributed by atoms with van der Waals surface area (Å²) in [5.74, 6) is 1.19. The molecule has 0 aliphatic heterocycles. The van der Waals surface area contributed by atoms with Crippen LogP contribution in [-0.2, 0) is 6.54 Å². The van der Waals surface area contributed by atoms with Crippen LogP contribution in [-0.4, -0.2) is 4.98 Å². The first kappa shape index (κ1) is 12.4. The van der Waals surface area contributed by atoms with Crippen molar-refractivity contribution in [2.45, 2.75) is 6.54 Å². The standard InChI is InChI=1S/C12H10BrClN2O/c13-11-5-9(14)7-16-12(11)17-10-3-1-8(6-15)2-4-10/h1-5,7H,6,15H2. The topological polar surface area (TPSA) is 48.1 Å². The predicted molar refractivity (Wildman–Crippen MR) is 71.4 cm³/mol. The van der Waals surface area contributed by atoms with Gasteiger partial charge in [-0.3, -0.25) is 0 Å². The molecule has 0 bridgehead atoms. The molecule has 0 atom stereocenters. The molecule has 1 aromatic carbocycles. The van der Waals surface area contributed by atoms with E-state index in [0.29, 0.717) is 27.7 Å². The summed E-state index contributed by atoms with van der Waals surface area (Å²) in [5.41, 5.74) is 6.57. The summed E-state index contributed by atoms with van der Waals surface area (Å²) in [6, 6.07) is 9.27. The first-order valence-corrected chi connectivity index (χ1v) is 6.14. The molecule has 0 saturated carbocycles. The second kappa shape index (κ2) is 5.49. The quantitative estimate of drug-likeness (QED) is 0.939. The van der Waals surface area contributed by atoms with Gasteiger partial charge in [0.1, 0.15) is 5.75 Å². The fourth-order valence-corrected chi connectivity index (χ4v) is 2.00. The molecular weight excluding hydrogens is 304 g/mol. The largest absolute Gasteiger partial charge is 0.438 e. The van der Waals surface area contributed by atoms with Crippen LogP contribution in [0.1, 0.15) is 5.56 Å². The van der Waals surface area contributed by atoms with Crippen molar-refractivity contribution in [3.63, 3.8) is 0 Å². The highest BCUT2D eigenvalue weighted by Gasteiger charge is 2.05. The third-order valence-corrected chi connectivity index (χ3v) is 2.92. The van der Waals surface area contributed by atoms with Crippen LogP contribution in [0.25, 0.3) is 0 Å². The Bertz CT molecular complexity index is 516. The molecule has 0 unspecified atom stereocenters. The van der Waals surface area contributed by atoms with Gasteiger partial charge in [0, 0.05) is 12.7 Å². The van der Waals surface area contributed by atoms with Crippen molar-refractivity contribution in [3.8, 4) is 11.6 Å². The molecule has 0 aliphatic carbocycles. The monoisotopic (exact) mass is 312 g/mol. The van der Waals surface area contributed by atoms with E-state index in [1.807, 2.05) is 24.3 Å². The minimum atomic E-state index is 0.481. The molecule has 17 heavy (non-hydrogen) atoms. The van der Waals surface area contributed by atoms with E-state index < -0.39 is 0 Å². The first-order chi connectivity index (χ1) is 8.19. The minimum Gasteiger partial charge on any atom is -0.438 e. The average molecular weight is 314 g/mol. The Morgan fingerprint density at radius 3 is 2.59 bits per heavy atom. The van der Waals surface area contributed by atoms with Gasteiger partial charge in [0.15, 0.2) is 0 Å². The Kier molecular flexibility index (Phi) is 3.99. The predicted octanol–water partition coefficient (Wildman–Crippen LogP) is 3.75. The van der Waals surface area contributed by atoms with E-state index in [2.05, 4.69) is 20.9 Å². The number of pyridine rings is 1. The van der Waals surface area contributed by atoms with Crippen molar-refractivity contribution < 1.29 is 4.74 Å². The Balaban J connectivity index is 2.19. The van der Waals surface area contributed by atoms with E-state index in [1.165, 1.54) is 6.20 Å². The molecule has 1 aromatic heterocycles. The summed E-state index contributed by atoms with van der Waals surface area (Å²) in [6.45, 7) is 0.517. The fourth-order valence-electron chi connectivity index (χ4n) is 1.28. The molecule has 2 N–H and O–H groups in total. The second-order valence-corrected chi connectivity index (χ2v) is 4.68. The van der Waals surface area contributed by atoms with Crippen molar-refractivity contribution in [3.05, 3.63) is 51.6 Å². The maximum atomic E-state index is 5.80. The van der Waals surface area contributed by atoms with Crippen LogP contribution in [0.5, 0.6) is 11.6 Å². The molecule has 0 saturated heterocycles. The Hall–Kier alpha value is -1.10. The van der Waals surface area contributed by atoms with Gasteiger partial charge in [-0.05, 0) is 39.7 Å². The maximum Gasteiger partial charge on any atom is 0.233 e. The zero-order valence-electron chi connectivity index (χ0n) is 8.86. The lowest BCUT2D eigenvalue weighted by Gasteiger charge is -2.07. The lowest BCUT2D eigenvalue weighted by Crippen LogP contribution is -1.95. The smallest absolute Gasteiger partial charge is 0.233 e. The molecule has 0 amide bonds. The number of rotatable bonds is 3. The molecule has 1 heterocycles. The number of hydrogen-bond donors (Lipinski definition) is 1. The summed E-state index contributed by atoms with van der Waals surface area (Å²) in [5, 5.41) is 0.558. The normalized spacial score (nSPS) is 10.3. The molecule has 88 valence electrons. The number of halogens is 2. The Morgan fingerprint density at radius 2 is 2.00 bits per heavy atom. The van der Waals surface area contributed by atoms with E-state index in [0.717, 1.165) is 5.56 Å². The van der Waals surface area contributed by atoms with Gasteiger partial charge in [-0.15, -0.1) is 0 Å². The number of nitrogens with two attached hydrogens (primary N) is 1. The number of nitrogens with zero attached hydrogens (tertiary/aromatic N) is 1. The SMILES string of the molecule is NCc1ccc(Oc2ncc(Cl)cc2Br)cc1. The van der Waals surface area contributed by atoms with Gasteiger partial charge in [-0.25, -0.2) is 4.98 Å². The molecule has 5 heteroatoms. The number of ether oxygens (including phenoxy) is 1. The van der Waals surface area contributed by atoms with E-state index in [9.17, 15) is 0 Å². The molecule has 2 rings (SSSR count). The Morgan fingerprint density at radius 1 is 1.29 bits per heavy atom. The third kappa shape index (κ3) is 3.19.